The number of alkyl carbamates (subject to hydrolysis) is 1. The summed E-state index contributed by atoms with van der Waals surface area (Å²) < 4.78 is 15.8. The number of nitrogens with one attached hydrogen (secondary N) is 1. The molecule has 1 aromatic rings. The number of rotatable bonds is 7. The molecule has 3 atom stereocenters. The molecule has 1 amide bonds. The predicted molar refractivity (Wildman–Crippen MR) is 113 cm³/mol. The summed E-state index contributed by atoms with van der Waals surface area (Å²) in [6.07, 6.45) is -0.508. The lowest BCUT2D eigenvalue weighted by Crippen LogP contribution is -2.45. The van der Waals surface area contributed by atoms with Gasteiger partial charge < -0.3 is 25.3 Å². The molecule has 178 valence electrons. The summed E-state index contributed by atoms with van der Waals surface area (Å²) in [5.74, 6) is -1.39. The van der Waals surface area contributed by atoms with Gasteiger partial charge in [-0.2, -0.15) is 0 Å². The number of ether oxygens (including phenoxy) is 3. The number of fused-ring (bicyclic) bond motifs is 1. The molecular formula is C22H32N2O8. The van der Waals surface area contributed by atoms with Crippen LogP contribution in [0.1, 0.15) is 59.6 Å². The van der Waals surface area contributed by atoms with Crippen molar-refractivity contribution in [3.8, 4) is 11.5 Å². The number of amides is 1. The zero-order valence-corrected chi connectivity index (χ0v) is 19.3. The fourth-order valence-electron chi connectivity index (χ4n) is 2.91. The molecule has 3 unspecified atom stereocenters. The molecule has 2 rings (SSSR count). The molecule has 10 heteroatoms. The molecule has 1 aliphatic heterocycles. The van der Waals surface area contributed by atoms with Crippen LogP contribution in [0.15, 0.2) is 18.2 Å². The highest BCUT2D eigenvalue weighted by Gasteiger charge is 2.31. The lowest BCUT2D eigenvalue weighted by atomic mass is 9.95. The van der Waals surface area contributed by atoms with E-state index in [0.717, 1.165) is 0 Å². The SMILES string of the molecule is CC(C)CC(NC(=O)OC(C)(C)C)C(=O)OOC(=O)C(C)C(N)c1ccc2c(c1)OCO2. The van der Waals surface area contributed by atoms with E-state index in [0.29, 0.717) is 17.1 Å². The van der Waals surface area contributed by atoms with E-state index in [1.807, 2.05) is 13.8 Å². The molecular weight excluding hydrogens is 420 g/mol. The Morgan fingerprint density at radius 3 is 2.31 bits per heavy atom. The standard InChI is InChI=1S/C22H32N2O8/c1-12(2)9-15(24-21(27)30-22(4,5)6)20(26)32-31-19(25)13(3)18(23)14-7-8-16-17(10-14)29-11-28-16/h7-8,10,12-13,15,18H,9,11,23H2,1-6H3,(H,24,27). The van der Waals surface area contributed by atoms with Crippen molar-refractivity contribution in [3.05, 3.63) is 23.8 Å². The third-order valence-electron chi connectivity index (χ3n) is 4.58. The second-order valence-corrected chi connectivity index (χ2v) is 9.06. The molecule has 0 bridgehead atoms. The van der Waals surface area contributed by atoms with Crippen LogP contribution in [0, 0.1) is 11.8 Å². The second kappa shape index (κ2) is 10.5. The van der Waals surface area contributed by atoms with Gasteiger partial charge in [0.15, 0.2) is 11.5 Å². The van der Waals surface area contributed by atoms with Gasteiger partial charge in [-0.15, -0.1) is 0 Å². The van der Waals surface area contributed by atoms with Gasteiger partial charge in [-0.1, -0.05) is 19.9 Å². The van der Waals surface area contributed by atoms with Crippen LogP contribution in [-0.2, 0) is 24.1 Å². The average molecular weight is 453 g/mol. The van der Waals surface area contributed by atoms with Crippen LogP contribution in [-0.4, -0.2) is 36.5 Å². The zero-order chi connectivity index (χ0) is 24.1. The molecule has 0 aromatic heterocycles. The monoisotopic (exact) mass is 452 g/mol. The van der Waals surface area contributed by atoms with Crippen molar-refractivity contribution in [2.75, 3.05) is 6.79 Å². The van der Waals surface area contributed by atoms with E-state index in [1.165, 1.54) is 0 Å². The summed E-state index contributed by atoms with van der Waals surface area (Å²) >= 11 is 0. The summed E-state index contributed by atoms with van der Waals surface area (Å²) in [6.45, 7) is 10.5. The quantitative estimate of drug-likeness (QED) is 0.472. The molecule has 1 heterocycles. The van der Waals surface area contributed by atoms with E-state index in [9.17, 15) is 14.4 Å². The van der Waals surface area contributed by atoms with Gasteiger partial charge in [0.2, 0.25) is 6.79 Å². The van der Waals surface area contributed by atoms with Gasteiger partial charge in [0, 0.05) is 6.04 Å². The molecule has 3 N–H and O–H groups in total. The summed E-state index contributed by atoms with van der Waals surface area (Å²) in [6, 6.07) is 3.33. The lowest BCUT2D eigenvalue weighted by Gasteiger charge is -2.23. The fraction of sp³-hybridized carbons (Fsp3) is 0.591. The Kier molecular flexibility index (Phi) is 8.31. The van der Waals surface area contributed by atoms with Crippen molar-refractivity contribution in [2.45, 2.75) is 65.6 Å². The normalized spacial score (nSPS) is 15.5. The van der Waals surface area contributed by atoms with Crippen molar-refractivity contribution in [3.63, 3.8) is 0 Å². The van der Waals surface area contributed by atoms with Crippen LogP contribution in [0.25, 0.3) is 0 Å². The molecule has 0 saturated heterocycles. The molecule has 1 aliphatic rings. The Morgan fingerprint density at radius 1 is 1.06 bits per heavy atom. The highest BCUT2D eigenvalue weighted by molar-refractivity contribution is 5.82. The highest BCUT2D eigenvalue weighted by Crippen LogP contribution is 2.35. The summed E-state index contributed by atoms with van der Waals surface area (Å²) in [7, 11) is 0. The van der Waals surface area contributed by atoms with E-state index in [-0.39, 0.29) is 19.1 Å². The van der Waals surface area contributed by atoms with Crippen LogP contribution < -0.4 is 20.5 Å². The average Bonchev–Trinajstić information content (AvgIpc) is 3.16. The smallest absolute Gasteiger partial charge is 0.408 e. The predicted octanol–water partition coefficient (Wildman–Crippen LogP) is 2.99. The number of hydrogen-bond acceptors (Lipinski definition) is 9. The number of carbonyl (C=O) groups excluding carboxylic acids is 3. The first kappa shape index (κ1) is 25.3. The molecule has 0 aliphatic carbocycles. The lowest BCUT2D eigenvalue weighted by molar-refractivity contribution is -0.263. The summed E-state index contributed by atoms with van der Waals surface area (Å²) in [5, 5.41) is 2.45. The van der Waals surface area contributed by atoms with Gasteiger partial charge in [0.1, 0.15) is 11.6 Å². The Morgan fingerprint density at radius 2 is 1.69 bits per heavy atom. The second-order valence-electron chi connectivity index (χ2n) is 9.06. The van der Waals surface area contributed by atoms with E-state index in [4.69, 9.17) is 29.7 Å². The largest absolute Gasteiger partial charge is 0.454 e. The van der Waals surface area contributed by atoms with E-state index in [2.05, 4.69) is 5.32 Å². The molecule has 0 fully saturated rings. The van der Waals surface area contributed by atoms with Gasteiger partial charge in [0.05, 0.1) is 5.92 Å². The number of hydrogen-bond donors (Lipinski definition) is 2. The minimum atomic E-state index is -1.05. The van der Waals surface area contributed by atoms with Crippen LogP contribution in [0.5, 0.6) is 11.5 Å². The first-order valence-electron chi connectivity index (χ1n) is 10.4. The first-order valence-corrected chi connectivity index (χ1v) is 10.4. The molecule has 32 heavy (non-hydrogen) atoms. The Bertz CT molecular complexity index is 834. The van der Waals surface area contributed by atoms with E-state index >= 15 is 0 Å². The maximum atomic E-state index is 12.4. The maximum absolute atomic E-state index is 12.4. The Hall–Kier alpha value is -3.01. The van der Waals surface area contributed by atoms with Crippen molar-refractivity contribution >= 4 is 18.0 Å². The van der Waals surface area contributed by atoms with Crippen molar-refractivity contribution < 1.29 is 38.4 Å². The third-order valence-corrected chi connectivity index (χ3v) is 4.58. The van der Waals surface area contributed by atoms with Crippen LogP contribution >= 0.6 is 0 Å². The van der Waals surface area contributed by atoms with Gasteiger partial charge in [-0.25, -0.2) is 24.2 Å². The molecule has 10 nitrogen and oxygen atoms in total. The Balaban J connectivity index is 1.94. The third kappa shape index (κ3) is 7.30. The minimum absolute atomic E-state index is 0.0524. The fourth-order valence-corrected chi connectivity index (χ4v) is 2.91. The van der Waals surface area contributed by atoms with Crippen LogP contribution in [0.3, 0.4) is 0 Å². The minimum Gasteiger partial charge on any atom is -0.454 e. The number of benzene rings is 1. The molecule has 0 radical (unpaired) electrons. The van der Waals surface area contributed by atoms with Gasteiger partial charge in [-0.05, 0) is 57.7 Å². The van der Waals surface area contributed by atoms with Crippen molar-refractivity contribution in [2.24, 2.45) is 17.6 Å². The van der Waals surface area contributed by atoms with Crippen molar-refractivity contribution in [1.82, 2.24) is 5.32 Å². The van der Waals surface area contributed by atoms with Crippen molar-refractivity contribution in [1.29, 1.82) is 0 Å². The number of nitrogens with two attached hydrogens (primary N) is 1. The van der Waals surface area contributed by atoms with Gasteiger partial charge in [-0.3, -0.25) is 0 Å². The van der Waals surface area contributed by atoms with Crippen LogP contribution in [0.4, 0.5) is 4.79 Å². The highest BCUT2D eigenvalue weighted by atomic mass is 17.2. The maximum Gasteiger partial charge on any atom is 0.408 e. The van der Waals surface area contributed by atoms with Gasteiger partial charge >= 0.3 is 18.0 Å². The summed E-state index contributed by atoms with van der Waals surface area (Å²) in [4.78, 5) is 46.3. The molecule has 0 saturated carbocycles. The van der Waals surface area contributed by atoms with Gasteiger partial charge in [0.25, 0.3) is 0 Å². The molecule has 1 aromatic carbocycles. The first-order chi connectivity index (χ1) is 14.9. The van der Waals surface area contributed by atoms with E-state index < -0.39 is 41.6 Å². The Labute approximate surface area is 187 Å². The number of carbonyl (C=O) groups is 3. The van der Waals surface area contributed by atoms with Crippen LogP contribution in [0.2, 0.25) is 0 Å². The zero-order valence-electron chi connectivity index (χ0n) is 19.3. The topological polar surface area (TPSA) is 135 Å². The molecule has 0 spiro atoms. The summed E-state index contributed by atoms with van der Waals surface area (Å²) in [5.41, 5.74) is 6.08. The van der Waals surface area contributed by atoms with E-state index in [1.54, 1.807) is 45.9 Å².